The predicted molar refractivity (Wildman–Crippen MR) is 85.5 cm³/mol. The molecule has 6 heteroatoms. The standard InChI is InChI=1S/C17H15N3O2S/c21-15-10-3-1-2-4-11(10)16(22)20(15)9-17(14-5-6-19-23-14)12-7-18-8-13(12)17/h1-6,12-13,18H,7-9H2/t12-,13+,17?. The van der Waals surface area contributed by atoms with Crippen molar-refractivity contribution in [3.05, 3.63) is 52.5 Å². The molecule has 3 atom stereocenters. The van der Waals surface area contributed by atoms with Crippen LogP contribution in [0, 0.1) is 11.8 Å². The third kappa shape index (κ3) is 1.62. The van der Waals surface area contributed by atoms with Crippen molar-refractivity contribution in [2.45, 2.75) is 5.41 Å². The molecule has 2 amide bonds. The zero-order valence-corrected chi connectivity index (χ0v) is 13.2. The fraction of sp³-hybridized carbons (Fsp3) is 0.353. The van der Waals surface area contributed by atoms with E-state index in [-0.39, 0.29) is 17.2 Å². The van der Waals surface area contributed by atoms with E-state index < -0.39 is 0 Å². The highest BCUT2D eigenvalue weighted by atomic mass is 32.1. The molecule has 0 spiro atoms. The summed E-state index contributed by atoms with van der Waals surface area (Å²) < 4.78 is 4.24. The SMILES string of the molecule is O=C1c2ccccc2C(=O)N1CC1(c2ccns2)[C@@H]2CNC[C@@H]21. The molecule has 3 heterocycles. The van der Waals surface area contributed by atoms with E-state index in [1.54, 1.807) is 12.1 Å². The number of hydrogen-bond donors (Lipinski definition) is 1. The largest absolute Gasteiger partial charge is 0.316 e. The van der Waals surface area contributed by atoms with Crippen molar-refractivity contribution in [2.24, 2.45) is 11.8 Å². The van der Waals surface area contributed by atoms with E-state index in [4.69, 9.17) is 0 Å². The number of amides is 2. The lowest BCUT2D eigenvalue weighted by molar-refractivity contribution is 0.0632. The average molecular weight is 325 g/mol. The van der Waals surface area contributed by atoms with Gasteiger partial charge in [0.15, 0.2) is 0 Å². The van der Waals surface area contributed by atoms with Crippen molar-refractivity contribution in [1.29, 1.82) is 0 Å². The summed E-state index contributed by atoms with van der Waals surface area (Å²) in [7, 11) is 0. The van der Waals surface area contributed by atoms with Crippen molar-refractivity contribution < 1.29 is 9.59 Å². The smallest absolute Gasteiger partial charge is 0.261 e. The summed E-state index contributed by atoms with van der Waals surface area (Å²) >= 11 is 1.49. The van der Waals surface area contributed by atoms with Gasteiger partial charge in [-0.25, -0.2) is 4.37 Å². The van der Waals surface area contributed by atoms with Crippen LogP contribution in [0.15, 0.2) is 36.5 Å². The third-order valence-corrected chi connectivity index (χ3v) is 6.56. The van der Waals surface area contributed by atoms with Gasteiger partial charge in [-0.3, -0.25) is 14.5 Å². The number of carbonyl (C=O) groups is 2. The normalized spacial score (nSPS) is 31.4. The van der Waals surface area contributed by atoms with Crippen LogP contribution in [0.2, 0.25) is 0 Å². The summed E-state index contributed by atoms with van der Waals surface area (Å²) in [6.07, 6.45) is 1.81. The molecule has 1 saturated heterocycles. The van der Waals surface area contributed by atoms with Crippen molar-refractivity contribution in [3.63, 3.8) is 0 Å². The number of nitrogens with zero attached hydrogens (tertiary/aromatic N) is 2. The summed E-state index contributed by atoms with van der Waals surface area (Å²) in [6, 6.07) is 9.14. The maximum atomic E-state index is 12.7. The van der Waals surface area contributed by atoms with Crippen LogP contribution in [0.3, 0.4) is 0 Å². The zero-order chi connectivity index (χ0) is 15.6. The van der Waals surface area contributed by atoms with Gasteiger partial charge >= 0.3 is 0 Å². The highest BCUT2D eigenvalue weighted by Crippen LogP contribution is 2.63. The second kappa shape index (κ2) is 4.49. The molecule has 116 valence electrons. The van der Waals surface area contributed by atoms with Gasteiger partial charge in [0.2, 0.25) is 0 Å². The monoisotopic (exact) mass is 325 g/mol. The summed E-state index contributed by atoms with van der Waals surface area (Å²) in [6.45, 7) is 2.37. The lowest BCUT2D eigenvalue weighted by Gasteiger charge is -2.25. The van der Waals surface area contributed by atoms with Crippen molar-refractivity contribution >= 4 is 23.3 Å². The lowest BCUT2D eigenvalue weighted by Crippen LogP contribution is -2.40. The van der Waals surface area contributed by atoms with Gasteiger partial charge in [-0.15, -0.1) is 0 Å². The summed E-state index contributed by atoms with van der Waals surface area (Å²) in [5.41, 5.74) is 0.960. The second-order valence-electron chi connectivity index (χ2n) is 6.53. The van der Waals surface area contributed by atoms with E-state index in [0.717, 1.165) is 13.1 Å². The Bertz CT molecular complexity index is 772. The van der Waals surface area contributed by atoms with Crippen LogP contribution in [-0.2, 0) is 5.41 Å². The molecule has 2 fully saturated rings. The Morgan fingerprint density at radius 2 is 1.78 bits per heavy atom. The van der Waals surface area contributed by atoms with Crippen LogP contribution in [0.25, 0.3) is 0 Å². The summed E-state index contributed by atoms with van der Waals surface area (Å²) in [4.78, 5) is 28.0. The molecule has 1 aromatic carbocycles. The molecule has 1 aromatic heterocycles. The fourth-order valence-electron chi connectivity index (χ4n) is 4.43. The first-order valence-electron chi connectivity index (χ1n) is 7.80. The van der Waals surface area contributed by atoms with Gasteiger partial charge < -0.3 is 5.32 Å². The minimum atomic E-state index is -0.160. The molecular formula is C17H15N3O2S. The molecule has 1 aliphatic carbocycles. The topological polar surface area (TPSA) is 62.3 Å². The quantitative estimate of drug-likeness (QED) is 0.869. The molecule has 1 N–H and O–H groups in total. The average Bonchev–Trinajstić information content (AvgIpc) is 3.10. The lowest BCUT2D eigenvalue weighted by atomic mass is 9.97. The number of nitrogens with one attached hydrogen (secondary N) is 1. The van der Waals surface area contributed by atoms with Gasteiger partial charge in [0, 0.05) is 23.0 Å². The number of aromatic nitrogens is 1. The second-order valence-corrected chi connectivity index (χ2v) is 7.36. The first-order valence-corrected chi connectivity index (χ1v) is 8.58. The molecule has 1 unspecified atom stereocenters. The van der Waals surface area contributed by atoms with Gasteiger partial charge in [0.1, 0.15) is 0 Å². The van der Waals surface area contributed by atoms with Crippen LogP contribution in [0.4, 0.5) is 0 Å². The Labute approximate surface area is 137 Å². The van der Waals surface area contributed by atoms with E-state index in [1.165, 1.54) is 21.3 Å². The molecule has 2 aromatic rings. The Morgan fingerprint density at radius 3 is 2.35 bits per heavy atom. The summed E-state index contributed by atoms with van der Waals surface area (Å²) in [5.74, 6) is 0.666. The van der Waals surface area contributed by atoms with Crippen molar-refractivity contribution in [1.82, 2.24) is 14.6 Å². The van der Waals surface area contributed by atoms with Crippen LogP contribution < -0.4 is 5.32 Å². The van der Waals surface area contributed by atoms with Crippen LogP contribution in [0.5, 0.6) is 0 Å². The first kappa shape index (κ1) is 13.4. The Kier molecular flexibility index (Phi) is 2.61. The van der Waals surface area contributed by atoms with Crippen molar-refractivity contribution in [2.75, 3.05) is 19.6 Å². The number of piperidine rings is 1. The predicted octanol–water partition coefficient (Wildman–Crippen LogP) is 1.53. The van der Waals surface area contributed by atoms with E-state index in [2.05, 4.69) is 9.69 Å². The van der Waals surface area contributed by atoms with Crippen LogP contribution >= 0.6 is 11.5 Å². The van der Waals surface area contributed by atoms with E-state index >= 15 is 0 Å². The maximum Gasteiger partial charge on any atom is 0.261 e. The molecule has 23 heavy (non-hydrogen) atoms. The van der Waals surface area contributed by atoms with Gasteiger partial charge in [0.25, 0.3) is 11.8 Å². The van der Waals surface area contributed by atoms with Gasteiger partial charge in [-0.1, -0.05) is 12.1 Å². The highest BCUT2D eigenvalue weighted by Gasteiger charge is 2.69. The fourth-order valence-corrected chi connectivity index (χ4v) is 5.32. The first-order chi connectivity index (χ1) is 11.2. The molecule has 2 aliphatic heterocycles. The van der Waals surface area contributed by atoms with E-state index in [1.807, 2.05) is 24.4 Å². The molecule has 1 saturated carbocycles. The number of fused-ring (bicyclic) bond motifs is 2. The zero-order valence-electron chi connectivity index (χ0n) is 12.4. The minimum Gasteiger partial charge on any atom is -0.316 e. The van der Waals surface area contributed by atoms with Crippen molar-refractivity contribution in [3.8, 4) is 0 Å². The van der Waals surface area contributed by atoms with E-state index in [0.29, 0.717) is 29.5 Å². The van der Waals surface area contributed by atoms with Crippen LogP contribution in [-0.4, -0.2) is 40.7 Å². The number of hydrogen-bond acceptors (Lipinski definition) is 5. The number of imide groups is 1. The van der Waals surface area contributed by atoms with Gasteiger partial charge in [-0.05, 0) is 54.7 Å². The maximum absolute atomic E-state index is 12.7. The summed E-state index contributed by atoms with van der Waals surface area (Å²) in [5, 5.41) is 3.40. The number of rotatable bonds is 3. The number of carbonyl (C=O) groups excluding carboxylic acids is 2. The minimum absolute atomic E-state index is 0.0974. The number of benzene rings is 1. The molecule has 0 bridgehead atoms. The van der Waals surface area contributed by atoms with E-state index in [9.17, 15) is 9.59 Å². The highest BCUT2D eigenvalue weighted by molar-refractivity contribution is 7.06. The third-order valence-electron chi connectivity index (χ3n) is 5.62. The van der Waals surface area contributed by atoms with Gasteiger partial charge in [0.05, 0.1) is 11.1 Å². The molecule has 3 aliphatic rings. The molecular weight excluding hydrogens is 310 g/mol. The molecule has 5 nitrogen and oxygen atoms in total. The van der Waals surface area contributed by atoms with Crippen LogP contribution in [0.1, 0.15) is 25.6 Å². The molecule has 0 radical (unpaired) electrons. The Balaban J connectivity index is 1.52. The molecule has 5 rings (SSSR count). The Hall–Kier alpha value is -2.05. The van der Waals surface area contributed by atoms with Gasteiger partial charge in [-0.2, -0.15) is 0 Å². The Morgan fingerprint density at radius 1 is 1.13 bits per heavy atom.